The third-order valence-electron chi connectivity index (χ3n) is 3.97. The normalized spacial score (nSPS) is 14.7. The summed E-state index contributed by atoms with van der Waals surface area (Å²) >= 11 is 3.49. The molecule has 2 aromatic rings. The molecule has 1 fully saturated rings. The van der Waals surface area contributed by atoms with Gasteiger partial charge in [0, 0.05) is 24.8 Å². The maximum absolute atomic E-state index is 12.0. The molecule has 1 aromatic heterocycles. The number of ether oxygens (including phenoxy) is 1. The Morgan fingerprint density at radius 1 is 1.27 bits per heavy atom. The fraction of sp³-hybridized carbons (Fsp3) is 0.333. The van der Waals surface area contributed by atoms with Crippen LogP contribution in [0.1, 0.15) is 16.9 Å². The molecule has 0 spiro atoms. The molecule has 0 radical (unpaired) electrons. The molecule has 8 heteroatoms. The van der Waals surface area contributed by atoms with Crippen LogP contribution in [-0.4, -0.2) is 38.5 Å². The minimum atomic E-state index is -0.410. The van der Waals surface area contributed by atoms with E-state index >= 15 is 0 Å². The average Bonchev–Trinajstić information content (AvgIpc) is 2.99. The van der Waals surface area contributed by atoms with Crippen LogP contribution in [0, 0.1) is 13.8 Å². The standard InChI is InChI=1S/C18H21BrN4O3/c1-12-3-4-16(13(2)9-12)21-18(24)22-20-11-14-10-15(19)17(26-14)23-5-7-25-8-6-23/h3-4,9-11H,5-8H2,1-2H3,(H2,21,22,24)/b20-11+. The number of hydrogen-bond donors (Lipinski definition) is 2. The van der Waals surface area contributed by atoms with Crippen LogP contribution < -0.4 is 15.6 Å². The van der Waals surface area contributed by atoms with Gasteiger partial charge >= 0.3 is 6.03 Å². The van der Waals surface area contributed by atoms with Crippen molar-refractivity contribution in [3.63, 3.8) is 0 Å². The number of anilines is 2. The van der Waals surface area contributed by atoms with Gasteiger partial charge in [-0.2, -0.15) is 5.10 Å². The van der Waals surface area contributed by atoms with E-state index in [4.69, 9.17) is 9.15 Å². The van der Waals surface area contributed by atoms with Crippen LogP contribution in [0.4, 0.5) is 16.4 Å². The van der Waals surface area contributed by atoms with Gasteiger partial charge in [-0.25, -0.2) is 10.2 Å². The summed E-state index contributed by atoms with van der Waals surface area (Å²) in [7, 11) is 0. The zero-order valence-corrected chi connectivity index (χ0v) is 16.3. The molecule has 1 aliphatic heterocycles. The fourth-order valence-corrected chi connectivity index (χ4v) is 3.24. The molecule has 0 bridgehead atoms. The Morgan fingerprint density at radius 2 is 2.04 bits per heavy atom. The summed E-state index contributed by atoms with van der Waals surface area (Å²) in [5.41, 5.74) is 5.33. The van der Waals surface area contributed by atoms with E-state index in [1.54, 1.807) is 0 Å². The van der Waals surface area contributed by atoms with Gasteiger partial charge in [0.2, 0.25) is 5.88 Å². The SMILES string of the molecule is Cc1ccc(NC(=O)N/N=C/c2cc(Br)c(N3CCOCC3)o2)c(C)c1. The van der Waals surface area contributed by atoms with Crippen molar-refractivity contribution in [1.29, 1.82) is 0 Å². The van der Waals surface area contributed by atoms with Gasteiger partial charge in [-0.15, -0.1) is 0 Å². The minimum Gasteiger partial charge on any atom is -0.438 e. The van der Waals surface area contributed by atoms with Crippen LogP contribution in [0.2, 0.25) is 0 Å². The predicted octanol–water partition coefficient (Wildman–Crippen LogP) is 3.65. The van der Waals surface area contributed by atoms with Gasteiger partial charge in [0.15, 0.2) is 5.76 Å². The van der Waals surface area contributed by atoms with Crippen molar-refractivity contribution in [2.75, 3.05) is 36.5 Å². The molecule has 1 aliphatic rings. The number of morpholine rings is 1. The first kappa shape index (κ1) is 18.5. The van der Waals surface area contributed by atoms with Gasteiger partial charge in [-0.1, -0.05) is 17.7 Å². The summed E-state index contributed by atoms with van der Waals surface area (Å²) in [6.45, 7) is 6.86. The largest absolute Gasteiger partial charge is 0.438 e. The number of nitrogens with zero attached hydrogens (tertiary/aromatic N) is 2. The van der Waals surface area contributed by atoms with E-state index < -0.39 is 6.03 Å². The first-order valence-corrected chi connectivity index (χ1v) is 9.11. The lowest BCUT2D eigenvalue weighted by molar-refractivity contribution is 0.120. The number of amides is 2. The number of benzene rings is 1. The Labute approximate surface area is 160 Å². The third-order valence-corrected chi connectivity index (χ3v) is 4.54. The number of carbonyl (C=O) groups is 1. The van der Waals surface area contributed by atoms with Crippen LogP contribution in [0.5, 0.6) is 0 Å². The van der Waals surface area contributed by atoms with Crippen molar-refractivity contribution in [3.05, 3.63) is 45.6 Å². The molecular formula is C18H21BrN4O3. The van der Waals surface area contributed by atoms with Crippen molar-refractivity contribution in [1.82, 2.24) is 5.43 Å². The van der Waals surface area contributed by atoms with Gasteiger partial charge < -0.3 is 19.4 Å². The zero-order chi connectivity index (χ0) is 18.5. The molecule has 2 amide bonds. The quantitative estimate of drug-likeness (QED) is 0.584. The molecule has 1 saturated heterocycles. The molecule has 0 aliphatic carbocycles. The maximum Gasteiger partial charge on any atom is 0.339 e. The summed E-state index contributed by atoms with van der Waals surface area (Å²) in [6.07, 6.45) is 1.47. The molecule has 1 aromatic carbocycles. The van der Waals surface area contributed by atoms with Crippen molar-refractivity contribution >= 4 is 39.7 Å². The monoisotopic (exact) mass is 420 g/mol. The predicted molar refractivity (Wildman–Crippen MR) is 105 cm³/mol. The number of nitrogens with one attached hydrogen (secondary N) is 2. The lowest BCUT2D eigenvalue weighted by Crippen LogP contribution is -2.36. The van der Waals surface area contributed by atoms with Gasteiger partial charge in [-0.3, -0.25) is 0 Å². The molecule has 26 heavy (non-hydrogen) atoms. The number of carbonyl (C=O) groups excluding carboxylic acids is 1. The van der Waals surface area contributed by atoms with Gasteiger partial charge in [0.1, 0.15) is 0 Å². The first-order valence-electron chi connectivity index (χ1n) is 8.32. The summed E-state index contributed by atoms with van der Waals surface area (Å²) in [6, 6.07) is 7.23. The molecule has 2 heterocycles. The second-order valence-corrected chi connectivity index (χ2v) is 6.90. The van der Waals surface area contributed by atoms with Crippen LogP contribution >= 0.6 is 15.9 Å². The van der Waals surface area contributed by atoms with E-state index in [1.165, 1.54) is 6.21 Å². The lowest BCUT2D eigenvalue weighted by atomic mass is 10.1. The zero-order valence-electron chi connectivity index (χ0n) is 14.7. The van der Waals surface area contributed by atoms with Crippen LogP contribution in [-0.2, 0) is 4.74 Å². The van der Waals surface area contributed by atoms with E-state index in [0.29, 0.717) is 19.0 Å². The summed E-state index contributed by atoms with van der Waals surface area (Å²) in [5.74, 6) is 1.29. The van der Waals surface area contributed by atoms with Crippen molar-refractivity contribution in [2.24, 2.45) is 5.10 Å². The van der Waals surface area contributed by atoms with Crippen molar-refractivity contribution in [3.8, 4) is 0 Å². The molecule has 138 valence electrons. The Morgan fingerprint density at radius 3 is 2.77 bits per heavy atom. The highest BCUT2D eigenvalue weighted by molar-refractivity contribution is 9.10. The average molecular weight is 421 g/mol. The molecular weight excluding hydrogens is 400 g/mol. The van der Waals surface area contributed by atoms with Crippen LogP contribution in [0.3, 0.4) is 0 Å². The number of halogens is 1. The molecule has 2 N–H and O–H groups in total. The Hall–Kier alpha value is -2.32. The topological polar surface area (TPSA) is 79.1 Å². The van der Waals surface area contributed by atoms with E-state index in [1.807, 2.05) is 38.1 Å². The number of hydrazone groups is 1. The van der Waals surface area contributed by atoms with Crippen LogP contribution in [0.15, 0.2) is 38.3 Å². The van der Waals surface area contributed by atoms with Crippen molar-refractivity contribution < 1.29 is 13.9 Å². The number of urea groups is 1. The van der Waals surface area contributed by atoms with E-state index in [-0.39, 0.29) is 0 Å². The van der Waals surface area contributed by atoms with E-state index in [2.05, 4.69) is 36.7 Å². The minimum absolute atomic E-state index is 0.410. The highest BCUT2D eigenvalue weighted by Gasteiger charge is 2.18. The Bertz CT molecular complexity index is 813. The number of hydrogen-bond acceptors (Lipinski definition) is 5. The molecule has 0 unspecified atom stereocenters. The number of furan rings is 1. The highest BCUT2D eigenvalue weighted by atomic mass is 79.9. The fourth-order valence-electron chi connectivity index (χ4n) is 2.68. The third kappa shape index (κ3) is 4.64. The Kier molecular flexibility index (Phi) is 5.95. The number of aryl methyl sites for hydroxylation is 2. The smallest absolute Gasteiger partial charge is 0.339 e. The lowest BCUT2D eigenvalue weighted by Gasteiger charge is -2.26. The molecule has 3 rings (SSSR count). The summed E-state index contributed by atoms with van der Waals surface area (Å²) in [5, 5.41) is 6.71. The molecule has 7 nitrogen and oxygen atoms in total. The van der Waals surface area contributed by atoms with Crippen molar-refractivity contribution in [2.45, 2.75) is 13.8 Å². The number of rotatable bonds is 4. The molecule has 0 saturated carbocycles. The first-order chi connectivity index (χ1) is 12.5. The maximum atomic E-state index is 12.0. The Balaban J connectivity index is 1.57. The molecule has 0 atom stereocenters. The van der Waals surface area contributed by atoms with Gasteiger partial charge in [0.25, 0.3) is 0 Å². The van der Waals surface area contributed by atoms with Crippen LogP contribution in [0.25, 0.3) is 0 Å². The highest BCUT2D eigenvalue weighted by Crippen LogP contribution is 2.30. The van der Waals surface area contributed by atoms with E-state index in [0.717, 1.165) is 40.3 Å². The second-order valence-electron chi connectivity index (χ2n) is 6.04. The van der Waals surface area contributed by atoms with Gasteiger partial charge in [-0.05, 0) is 41.4 Å². The summed E-state index contributed by atoms with van der Waals surface area (Å²) < 4.78 is 12.0. The summed E-state index contributed by atoms with van der Waals surface area (Å²) in [4.78, 5) is 14.1. The van der Waals surface area contributed by atoms with Gasteiger partial charge in [0.05, 0.1) is 23.9 Å². The second kappa shape index (κ2) is 8.37. The van der Waals surface area contributed by atoms with E-state index in [9.17, 15) is 4.79 Å².